The molecule has 0 spiro atoms. The molecule has 0 heterocycles. The van der Waals surface area contributed by atoms with Crippen molar-refractivity contribution in [3.05, 3.63) is 48.8 Å². The molecule has 0 radical (unpaired) electrons. The second kappa shape index (κ2) is 37.7. The van der Waals surface area contributed by atoms with Crippen molar-refractivity contribution in [3.8, 4) is 0 Å². The third kappa shape index (κ3) is 37.5. The molecule has 0 aliphatic carbocycles. The minimum absolute atomic E-state index is 0.0807. The Balaban J connectivity index is 4.22. The molecule has 0 saturated heterocycles. The third-order valence-corrected chi connectivity index (χ3v) is 9.27. The summed E-state index contributed by atoms with van der Waals surface area (Å²) >= 11 is 0. The molecule has 0 aromatic rings. The lowest BCUT2D eigenvalue weighted by Gasteiger charge is -2.19. The minimum atomic E-state index is -4.29. The van der Waals surface area contributed by atoms with E-state index in [0.29, 0.717) is 12.8 Å². The molecule has 0 fully saturated rings. The minimum Gasteiger partial charge on any atom is -0.492 e. The van der Waals surface area contributed by atoms with Gasteiger partial charge in [0.05, 0.1) is 19.5 Å². The van der Waals surface area contributed by atoms with E-state index >= 15 is 0 Å². The zero-order chi connectivity index (χ0) is 37.5. The summed E-state index contributed by atoms with van der Waals surface area (Å²) in [5.41, 5.74) is 5.35. The number of phosphoric ester groups is 1. The molecule has 2 atom stereocenters. The molecule has 1 unspecified atom stereocenters. The molecule has 0 aliphatic heterocycles. The smallest absolute Gasteiger partial charge is 0.472 e. The molecule has 10 heteroatoms. The van der Waals surface area contributed by atoms with Crippen LogP contribution in [0.25, 0.3) is 0 Å². The van der Waals surface area contributed by atoms with Gasteiger partial charge in [-0.1, -0.05) is 121 Å². The number of carbonyl (C=O) groups excluding carboxylic acids is 2. The van der Waals surface area contributed by atoms with Gasteiger partial charge in [-0.15, -0.1) is 0 Å². The van der Waals surface area contributed by atoms with Crippen LogP contribution in [-0.2, 0) is 32.7 Å². The lowest BCUT2D eigenvalue weighted by molar-refractivity contribution is -0.147. The van der Waals surface area contributed by atoms with Crippen molar-refractivity contribution >= 4 is 19.6 Å². The van der Waals surface area contributed by atoms with Crippen LogP contribution in [0, 0.1) is 0 Å². The van der Waals surface area contributed by atoms with Crippen molar-refractivity contribution in [1.29, 1.82) is 0 Å². The van der Waals surface area contributed by atoms with Gasteiger partial charge in [0, 0.05) is 19.4 Å². The highest BCUT2D eigenvalue weighted by Crippen LogP contribution is 2.43. The Bertz CT molecular complexity index is 981. The molecular weight excluding hydrogens is 665 g/mol. The number of rotatable bonds is 38. The highest BCUT2D eigenvalue weighted by molar-refractivity contribution is 7.47. The van der Waals surface area contributed by atoms with E-state index in [0.717, 1.165) is 51.4 Å². The topological polar surface area (TPSA) is 134 Å². The van der Waals surface area contributed by atoms with Gasteiger partial charge in [0.1, 0.15) is 6.61 Å². The van der Waals surface area contributed by atoms with Crippen molar-refractivity contribution in [3.63, 3.8) is 0 Å². The Hall–Kier alpha value is -2.03. The second-order valence-corrected chi connectivity index (χ2v) is 14.7. The molecule has 9 nitrogen and oxygen atoms in total. The Kier molecular flexibility index (Phi) is 36.2. The van der Waals surface area contributed by atoms with Gasteiger partial charge in [-0.2, -0.15) is 0 Å². The maximum absolute atomic E-state index is 12.4. The number of carbonyl (C=O) groups is 2. The van der Waals surface area contributed by atoms with Crippen molar-refractivity contribution < 1.29 is 37.6 Å². The molecule has 0 aromatic heterocycles. The van der Waals surface area contributed by atoms with E-state index < -0.39 is 13.9 Å². The fourth-order valence-corrected chi connectivity index (χ4v) is 5.96. The normalized spacial score (nSPS) is 13.9. The maximum Gasteiger partial charge on any atom is 0.472 e. The Morgan fingerprint density at radius 3 is 1.82 bits per heavy atom. The molecule has 51 heavy (non-hydrogen) atoms. The number of hydrogen-bond acceptors (Lipinski definition) is 8. The van der Waals surface area contributed by atoms with E-state index in [1.54, 1.807) is 12.3 Å². The first-order chi connectivity index (χ1) is 24.8. The SMILES string of the molecule is CCCCC/C=C\C=C\C(=O)CCCCCCCC(=O)OC[C@H](COP(=O)(O)OCCN)O/C=C/CCCCCCCC/C=C\CCCCCC. The molecule has 0 saturated carbocycles. The predicted molar refractivity (Wildman–Crippen MR) is 210 cm³/mol. The number of esters is 1. The number of nitrogens with two attached hydrogens (primary N) is 1. The lowest BCUT2D eigenvalue weighted by Crippen LogP contribution is -2.25. The molecule has 0 bridgehead atoms. The zero-order valence-corrected chi connectivity index (χ0v) is 33.2. The van der Waals surface area contributed by atoms with Crippen molar-refractivity contribution in [2.24, 2.45) is 5.73 Å². The van der Waals surface area contributed by atoms with Crippen molar-refractivity contribution in [2.45, 2.75) is 174 Å². The van der Waals surface area contributed by atoms with E-state index in [1.807, 2.05) is 18.2 Å². The van der Waals surface area contributed by atoms with Crippen LogP contribution in [0.2, 0.25) is 0 Å². The van der Waals surface area contributed by atoms with E-state index in [9.17, 15) is 19.0 Å². The fourth-order valence-electron chi connectivity index (χ4n) is 5.19. The molecule has 0 amide bonds. The predicted octanol–water partition coefficient (Wildman–Crippen LogP) is 11.2. The first kappa shape index (κ1) is 49.0. The Morgan fingerprint density at radius 2 is 1.18 bits per heavy atom. The fraction of sp³-hybridized carbons (Fsp3) is 0.756. The standard InChI is InChI=1S/C41H74NO8P/c1-3-5-7-9-11-12-13-14-15-16-17-18-19-21-26-30-35-47-40(38-50-51(45,46)49-36-34-42)37-48-41(44)33-29-25-22-24-28-32-39(43)31-27-23-20-10-8-6-4-2/h12-13,20,23,27,30-31,35,40H,3-11,14-19,21-22,24-26,28-29,32-34,36-38,42H2,1-2H3,(H,45,46)/b13-12-,23-20-,31-27+,35-30+/t40-/m1/s1. The number of allylic oxidation sites excluding steroid dienone is 7. The number of hydrogen-bond donors (Lipinski definition) is 2. The maximum atomic E-state index is 12.4. The highest BCUT2D eigenvalue weighted by atomic mass is 31.2. The van der Waals surface area contributed by atoms with Gasteiger partial charge in [0.15, 0.2) is 11.9 Å². The van der Waals surface area contributed by atoms with E-state index in [-0.39, 0.29) is 44.5 Å². The monoisotopic (exact) mass is 740 g/mol. The van der Waals surface area contributed by atoms with Crippen LogP contribution in [0.15, 0.2) is 48.8 Å². The largest absolute Gasteiger partial charge is 0.492 e. The summed E-state index contributed by atoms with van der Waals surface area (Å²) in [6, 6.07) is 0. The number of ketones is 1. The van der Waals surface area contributed by atoms with E-state index in [1.165, 1.54) is 83.5 Å². The Labute approximate surface area is 311 Å². The summed E-state index contributed by atoms with van der Waals surface area (Å²) < 4.78 is 33.0. The number of unbranched alkanes of at least 4 members (excludes halogenated alkanes) is 18. The van der Waals surface area contributed by atoms with Crippen LogP contribution in [0.1, 0.15) is 168 Å². The number of ether oxygens (including phenoxy) is 2. The van der Waals surface area contributed by atoms with Gasteiger partial charge >= 0.3 is 13.8 Å². The highest BCUT2D eigenvalue weighted by Gasteiger charge is 2.24. The molecule has 3 N–H and O–H groups in total. The molecule has 296 valence electrons. The lowest BCUT2D eigenvalue weighted by atomic mass is 10.1. The zero-order valence-electron chi connectivity index (χ0n) is 32.3. The van der Waals surface area contributed by atoms with Crippen LogP contribution in [-0.4, -0.2) is 49.1 Å². The quantitative estimate of drug-likeness (QED) is 0.0121. The van der Waals surface area contributed by atoms with Crippen LogP contribution in [0.4, 0.5) is 0 Å². The van der Waals surface area contributed by atoms with Gasteiger partial charge < -0.3 is 20.1 Å². The molecule has 0 aliphatic rings. The van der Waals surface area contributed by atoms with Crippen LogP contribution in [0.3, 0.4) is 0 Å². The van der Waals surface area contributed by atoms with Gasteiger partial charge in [-0.05, 0) is 76.4 Å². The van der Waals surface area contributed by atoms with Gasteiger partial charge in [0.2, 0.25) is 0 Å². The van der Waals surface area contributed by atoms with E-state index in [4.69, 9.17) is 24.3 Å². The summed E-state index contributed by atoms with van der Waals surface area (Å²) in [5, 5.41) is 0. The van der Waals surface area contributed by atoms with E-state index in [2.05, 4.69) is 32.1 Å². The van der Waals surface area contributed by atoms with Crippen molar-refractivity contribution in [2.75, 3.05) is 26.4 Å². The molecule has 0 rings (SSSR count). The first-order valence-electron chi connectivity index (χ1n) is 20.1. The summed E-state index contributed by atoms with van der Waals surface area (Å²) in [5.74, 6) is -0.218. The molecular formula is C41H74NO8P. The second-order valence-electron chi connectivity index (χ2n) is 13.2. The van der Waals surface area contributed by atoms with Gasteiger partial charge in [0.25, 0.3) is 0 Å². The van der Waals surface area contributed by atoms with Gasteiger partial charge in [-0.25, -0.2) is 4.57 Å². The number of phosphoric acid groups is 1. The Morgan fingerprint density at radius 1 is 0.647 bits per heavy atom. The first-order valence-corrected chi connectivity index (χ1v) is 21.6. The van der Waals surface area contributed by atoms with Crippen LogP contribution < -0.4 is 5.73 Å². The van der Waals surface area contributed by atoms with Crippen LogP contribution >= 0.6 is 7.82 Å². The van der Waals surface area contributed by atoms with Crippen molar-refractivity contribution in [1.82, 2.24) is 0 Å². The molecule has 0 aromatic carbocycles. The summed E-state index contributed by atoms with van der Waals surface area (Å²) in [6.45, 7) is 4.00. The van der Waals surface area contributed by atoms with Crippen LogP contribution in [0.5, 0.6) is 0 Å². The average Bonchev–Trinajstić information content (AvgIpc) is 3.12. The van der Waals surface area contributed by atoms with Gasteiger partial charge in [-0.3, -0.25) is 18.6 Å². The summed E-state index contributed by atoms with van der Waals surface area (Å²) in [6.07, 6.45) is 40.4. The average molecular weight is 740 g/mol. The summed E-state index contributed by atoms with van der Waals surface area (Å²) in [4.78, 5) is 34.2. The third-order valence-electron chi connectivity index (χ3n) is 8.28. The summed E-state index contributed by atoms with van der Waals surface area (Å²) in [7, 11) is -4.29.